The molecular weight excluding hydrogens is 292 g/mol. The average molecular weight is 316 g/mol. The maximum Gasteiger partial charge on any atom is 0.0927 e. The molecule has 0 bridgehead atoms. The molecule has 0 saturated carbocycles. The third-order valence-electron chi connectivity index (χ3n) is 4.05. The minimum absolute atomic E-state index is 0.979. The first-order chi connectivity index (χ1) is 10.8. The van der Waals surface area contributed by atoms with E-state index in [9.17, 15) is 0 Å². The van der Waals surface area contributed by atoms with Crippen molar-refractivity contribution >= 4 is 27.7 Å². The number of piperazine rings is 1. The second kappa shape index (κ2) is 7.63. The molecule has 1 saturated heterocycles. The summed E-state index contributed by atoms with van der Waals surface area (Å²) in [5.74, 6) is 0. The van der Waals surface area contributed by atoms with E-state index in [1.807, 2.05) is 0 Å². The van der Waals surface area contributed by atoms with E-state index in [1.165, 1.54) is 36.9 Å². The monoisotopic (exact) mass is 316 g/mol. The quantitative estimate of drug-likeness (QED) is 0.857. The molecule has 2 heterocycles. The van der Waals surface area contributed by atoms with Crippen molar-refractivity contribution in [2.75, 3.05) is 56.9 Å². The number of benzene rings is 1. The van der Waals surface area contributed by atoms with E-state index < -0.39 is 0 Å². The van der Waals surface area contributed by atoms with Crippen molar-refractivity contribution in [2.24, 2.45) is 0 Å². The molecule has 1 aliphatic heterocycles. The minimum Gasteiger partial charge on any atom is -0.382 e. The summed E-state index contributed by atoms with van der Waals surface area (Å²) in [7, 11) is 2.20. The Bertz CT molecular complexity index is 562. The Balaban J connectivity index is 1.52. The number of nitrogens with one attached hydrogen (secondary N) is 2. The summed E-state index contributed by atoms with van der Waals surface area (Å²) < 4.78 is 0. The fraction of sp³-hybridized carbons (Fsp3) is 0.412. The molecule has 4 nitrogen and oxygen atoms in total. The zero-order valence-electron chi connectivity index (χ0n) is 13.1. The summed E-state index contributed by atoms with van der Waals surface area (Å²) in [4.78, 5) is 4.92. The van der Waals surface area contributed by atoms with Crippen LogP contribution >= 0.6 is 11.3 Å². The van der Waals surface area contributed by atoms with Crippen molar-refractivity contribution in [2.45, 2.75) is 0 Å². The Morgan fingerprint density at radius 3 is 2.50 bits per heavy atom. The number of anilines is 3. The molecular formula is C17H24N4S. The Kier molecular flexibility index (Phi) is 5.32. The zero-order chi connectivity index (χ0) is 15.2. The van der Waals surface area contributed by atoms with Crippen molar-refractivity contribution in [1.29, 1.82) is 0 Å². The summed E-state index contributed by atoms with van der Waals surface area (Å²) in [5.41, 5.74) is 2.31. The van der Waals surface area contributed by atoms with E-state index in [2.05, 4.69) is 69.3 Å². The van der Waals surface area contributed by atoms with Gasteiger partial charge in [-0.05, 0) is 36.7 Å². The number of hydrogen-bond acceptors (Lipinski definition) is 5. The maximum atomic E-state index is 3.57. The van der Waals surface area contributed by atoms with Gasteiger partial charge in [-0.3, -0.25) is 4.90 Å². The topological polar surface area (TPSA) is 30.5 Å². The van der Waals surface area contributed by atoms with Gasteiger partial charge in [0.2, 0.25) is 0 Å². The highest BCUT2D eigenvalue weighted by molar-refractivity contribution is 7.14. The third kappa shape index (κ3) is 4.22. The number of nitrogens with zero attached hydrogens (tertiary/aromatic N) is 2. The largest absolute Gasteiger partial charge is 0.382 e. The summed E-state index contributed by atoms with van der Waals surface area (Å²) in [6.07, 6.45) is 0. The fourth-order valence-corrected chi connectivity index (χ4v) is 3.28. The van der Waals surface area contributed by atoms with Crippen LogP contribution in [0.15, 0.2) is 41.8 Å². The maximum absolute atomic E-state index is 3.57. The summed E-state index contributed by atoms with van der Waals surface area (Å²) in [5, 5.41) is 10.3. The summed E-state index contributed by atoms with van der Waals surface area (Å²) in [6, 6.07) is 12.6. The van der Waals surface area contributed by atoms with Crippen molar-refractivity contribution in [3.63, 3.8) is 0 Å². The highest BCUT2D eigenvalue weighted by Gasteiger charge is 2.13. The Hall–Kier alpha value is -1.56. The van der Waals surface area contributed by atoms with Gasteiger partial charge in [-0.1, -0.05) is 12.1 Å². The molecule has 1 aromatic carbocycles. The molecule has 22 heavy (non-hydrogen) atoms. The van der Waals surface area contributed by atoms with Crippen LogP contribution in [0.25, 0.3) is 0 Å². The molecule has 0 atom stereocenters. The predicted molar refractivity (Wildman–Crippen MR) is 96.5 cm³/mol. The van der Waals surface area contributed by atoms with Gasteiger partial charge in [-0.2, -0.15) is 0 Å². The second-order valence-electron chi connectivity index (χ2n) is 5.72. The molecule has 0 aliphatic carbocycles. The van der Waals surface area contributed by atoms with Crippen molar-refractivity contribution in [1.82, 2.24) is 9.80 Å². The summed E-state index contributed by atoms with van der Waals surface area (Å²) in [6.45, 7) is 6.78. The minimum atomic E-state index is 0.979. The van der Waals surface area contributed by atoms with Crippen LogP contribution in [-0.2, 0) is 0 Å². The Labute approximate surface area is 136 Å². The number of likely N-dealkylation sites (N-methyl/N-ethyl adjacent to an activating group) is 1. The first-order valence-corrected chi connectivity index (χ1v) is 8.73. The fourth-order valence-electron chi connectivity index (χ4n) is 2.65. The van der Waals surface area contributed by atoms with Gasteiger partial charge in [0.1, 0.15) is 0 Å². The van der Waals surface area contributed by atoms with Gasteiger partial charge in [0.25, 0.3) is 0 Å². The lowest BCUT2D eigenvalue weighted by Crippen LogP contribution is -2.45. The number of para-hydroxylation sites is 2. The predicted octanol–water partition coefficient (Wildman–Crippen LogP) is 3.15. The van der Waals surface area contributed by atoms with Crippen LogP contribution in [0.4, 0.5) is 16.4 Å². The third-order valence-corrected chi connectivity index (χ3v) is 4.83. The van der Waals surface area contributed by atoms with E-state index in [0.29, 0.717) is 0 Å². The van der Waals surface area contributed by atoms with E-state index in [1.54, 1.807) is 11.3 Å². The van der Waals surface area contributed by atoms with Gasteiger partial charge >= 0.3 is 0 Å². The van der Waals surface area contributed by atoms with Crippen LogP contribution in [0.3, 0.4) is 0 Å². The van der Waals surface area contributed by atoms with Crippen molar-refractivity contribution in [3.05, 3.63) is 41.8 Å². The van der Waals surface area contributed by atoms with Gasteiger partial charge < -0.3 is 15.5 Å². The normalized spacial score (nSPS) is 16.6. The molecule has 5 heteroatoms. The van der Waals surface area contributed by atoms with Crippen molar-refractivity contribution < 1.29 is 0 Å². The molecule has 3 rings (SSSR count). The van der Waals surface area contributed by atoms with Gasteiger partial charge in [-0.25, -0.2) is 0 Å². The highest BCUT2D eigenvalue weighted by atomic mass is 32.1. The van der Waals surface area contributed by atoms with E-state index in [0.717, 1.165) is 18.8 Å². The lowest BCUT2D eigenvalue weighted by molar-refractivity contribution is 0.158. The van der Waals surface area contributed by atoms with Gasteiger partial charge in [0.15, 0.2) is 0 Å². The number of hydrogen-bond donors (Lipinski definition) is 2. The first-order valence-electron chi connectivity index (χ1n) is 7.85. The second-order valence-corrected chi connectivity index (χ2v) is 6.67. The smallest absolute Gasteiger partial charge is 0.0927 e. The Morgan fingerprint density at radius 2 is 1.77 bits per heavy atom. The summed E-state index contributed by atoms with van der Waals surface area (Å²) >= 11 is 1.72. The molecule has 0 amide bonds. The SMILES string of the molecule is CN1CCN(CCNc2ccccc2Nc2cccs2)CC1. The van der Waals surface area contributed by atoms with Crippen LogP contribution in [0.2, 0.25) is 0 Å². The van der Waals surface area contributed by atoms with E-state index in [4.69, 9.17) is 0 Å². The molecule has 0 spiro atoms. The highest BCUT2D eigenvalue weighted by Crippen LogP contribution is 2.27. The average Bonchev–Trinajstić information content (AvgIpc) is 3.04. The van der Waals surface area contributed by atoms with Gasteiger partial charge in [0, 0.05) is 39.3 Å². The van der Waals surface area contributed by atoms with Crippen molar-refractivity contribution in [3.8, 4) is 0 Å². The molecule has 2 N–H and O–H groups in total. The van der Waals surface area contributed by atoms with Crippen LogP contribution in [0, 0.1) is 0 Å². The molecule has 1 aromatic heterocycles. The van der Waals surface area contributed by atoms with Gasteiger partial charge in [-0.15, -0.1) is 11.3 Å². The lowest BCUT2D eigenvalue weighted by atomic mass is 10.2. The van der Waals surface area contributed by atoms with E-state index in [-0.39, 0.29) is 0 Å². The molecule has 0 radical (unpaired) electrons. The molecule has 2 aromatic rings. The van der Waals surface area contributed by atoms with Crippen LogP contribution in [0.5, 0.6) is 0 Å². The van der Waals surface area contributed by atoms with Crippen LogP contribution in [-0.4, -0.2) is 56.1 Å². The Morgan fingerprint density at radius 1 is 1.00 bits per heavy atom. The molecule has 118 valence electrons. The zero-order valence-corrected chi connectivity index (χ0v) is 13.9. The van der Waals surface area contributed by atoms with Crippen LogP contribution in [0.1, 0.15) is 0 Å². The molecule has 1 aliphatic rings. The number of rotatable bonds is 6. The van der Waals surface area contributed by atoms with Crippen LogP contribution < -0.4 is 10.6 Å². The lowest BCUT2D eigenvalue weighted by Gasteiger charge is -2.32. The van der Waals surface area contributed by atoms with E-state index >= 15 is 0 Å². The molecule has 1 fully saturated rings. The molecule has 0 unspecified atom stereocenters. The first kappa shape index (κ1) is 15.3. The standard InChI is InChI=1S/C17H24N4S/c1-20-10-12-21(13-11-20)9-8-18-15-5-2-3-6-16(15)19-17-7-4-14-22-17/h2-7,14,18-19H,8-13H2,1H3. The van der Waals surface area contributed by atoms with Gasteiger partial charge in [0.05, 0.1) is 16.4 Å². The number of thiophene rings is 1.